The second kappa shape index (κ2) is 5.40. The molecule has 0 bridgehead atoms. The molecule has 0 saturated heterocycles. The largest absolute Gasteiger partial charge is 0.315 e. The van der Waals surface area contributed by atoms with Crippen molar-refractivity contribution >= 4 is 32.7 Å². The molecule has 20 heavy (non-hydrogen) atoms. The summed E-state index contributed by atoms with van der Waals surface area (Å²) >= 11 is 2.16. The van der Waals surface area contributed by atoms with E-state index in [-0.39, 0.29) is 15.1 Å². The molecule has 0 radical (unpaired) electrons. The molecule has 2 rings (SSSR count). The van der Waals surface area contributed by atoms with Crippen LogP contribution < -0.4 is 9.60 Å². The second-order valence-electron chi connectivity index (χ2n) is 4.45. The van der Waals surface area contributed by atoms with Gasteiger partial charge in [-0.25, -0.2) is 18.1 Å². The summed E-state index contributed by atoms with van der Waals surface area (Å²) < 4.78 is 27.2. The van der Waals surface area contributed by atoms with E-state index in [1.165, 1.54) is 11.3 Å². The number of hydrogen-bond acceptors (Lipinski definition) is 6. The average molecular weight is 333 g/mol. The summed E-state index contributed by atoms with van der Waals surface area (Å²) in [5.74, 6) is 0. The minimum absolute atomic E-state index is 0.0354. The van der Waals surface area contributed by atoms with Gasteiger partial charge in [-0.1, -0.05) is 11.3 Å². The third kappa shape index (κ3) is 3.00. The SMILES string of the molecule is Cc1nc(C)c(C(C)NS(=O)(=O)c2sc(=O)[nH]c2C)s1. The Morgan fingerprint density at radius 1 is 1.25 bits per heavy atom. The molecule has 110 valence electrons. The molecule has 2 aromatic rings. The number of nitrogens with zero attached hydrogens (tertiary/aromatic N) is 1. The highest BCUT2D eigenvalue weighted by atomic mass is 32.2. The maximum Gasteiger partial charge on any atom is 0.305 e. The molecule has 0 aliphatic rings. The van der Waals surface area contributed by atoms with E-state index in [4.69, 9.17) is 0 Å². The highest BCUT2D eigenvalue weighted by Gasteiger charge is 2.25. The van der Waals surface area contributed by atoms with E-state index >= 15 is 0 Å². The van der Waals surface area contributed by atoms with Gasteiger partial charge in [0.05, 0.1) is 16.7 Å². The first-order valence-electron chi connectivity index (χ1n) is 5.86. The first-order valence-corrected chi connectivity index (χ1v) is 8.98. The molecule has 0 saturated carbocycles. The summed E-state index contributed by atoms with van der Waals surface area (Å²) in [5.41, 5.74) is 1.18. The third-order valence-electron chi connectivity index (χ3n) is 2.69. The van der Waals surface area contributed by atoms with E-state index in [9.17, 15) is 13.2 Å². The standard InChI is InChI=1S/C11H15N3O3S3/c1-5-9(18-8(4)12-5)6(2)14-20(16,17)10-7(3)13-11(15)19-10/h6,14H,1-4H3,(H,13,15). The number of aromatic nitrogens is 2. The smallest absolute Gasteiger partial charge is 0.305 e. The van der Waals surface area contributed by atoms with E-state index in [1.54, 1.807) is 13.8 Å². The number of rotatable bonds is 4. The summed E-state index contributed by atoms with van der Waals surface area (Å²) in [7, 11) is -3.71. The van der Waals surface area contributed by atoms with Crippen LogP contribution in [0.5, 0.6) is 0 Å². The van der Waals surface area contributed by atoms with Crippen molar-refractivity contribution in [3.05, 3.63) is 30.9 Å². The zero-order chi connectivity index (χ0) is 15.1. The van der Waals surface area contributed by atoms with Crippen molar-refractivity contribution in [3.63, 3.8) is 0 Å². The molecule has 2 N–H and O–H groups in total. The highest BCUT2D eigenvalue weighted by Crippen LogP contribution is 2.26. The molecule has 0 fully saturated rings. The number of thiazole rings is 2. The maximum absolute atomic E-state index is 12.3. The van der Waals surface area contributed by atoms with Crippen molar-refractivity contribution in [3.8, 4) is 0 Å². The third-order valence-corrected chi connectivity index (χ3v) is 7.09. The Balaban J connectivity index is 2.31. The molecule has 2 aromatic heterocycles. The van der Waals surface area contributed by atoms with Gasteiger partial charge in [-0.3, -0.25) is 4.79 Å². The van der Waals surface area contributed by atoms with Gasteiger partial charge < -0.3 is 4.98 Å². The molecule has 1 unspecified atom stereocenters. The van der Waals surface area contributed by atoms with Gasteiger partial charge in [0.15, 0.2) is 4.21 Å². The molecule has 2 heterocycles. The molecular weight excluding hydrogens is 318 g/mol. The lowest BCUT2D eigenvalue weighted by atomic mass is 10.2. The summed E-state index contributed by atoms with van der Waals surface area (Å²) in [6, 6.07) is -0.386. The molecular formula is C11H15N3O3S3. The van der Waals surface area contributed by atoms with Gasteiger partial charge in [0.2, 0.25) is 0 Å². The zero-order valence-electron chi connectivity index (χ0n) is 11.5. The van der Waals surface area contributed by atoms with Crippen molar-refractivity contribution < 1.29 is 8.42 Å². The van der Waals surface area contributed by atoms with E-state index in [1.807, 2.05) is 13.8 Å². The fraction of sp³-hybridized carbons (Fsp3) is 0.455. The van der Waals surface area contributed by atoms with Crippen LogP contribution in [-0.4, -0.2) is 18.4 Å². The van der Waals surface area contributed by atoms with Crippen molar-refractivity contribution in [1.82, 2.24) is 14.7 Å². The summed E-state index contributed by atoms with van der Waals surface area (Å²) in [4.78, 5) is 18.5. The van der Waals surface area contributed by atoms with E-state index < -0.39 is 10.0 Å². The highest BCUT2D eigenvalue weighted by molar-refractivity contribution is 7.91. The van der Waals surface area contributed by atoms with E-state index in [0.29, 0.717) is 17.0 Å². The Labute approximate surface area is 125 Å². The van der Waals surface area contributed by atoms with Crippen LogP contribution in [0, 0.1) is 20.8 Å². The van der Waals surface area contributed by atoms with Crippen molar-refractivity contribution in [2.75, 3.05) is 0 Å². The maximum atomic E-state index is 12.3. The number of hydrogen-bond donors (Lipinski definition) is 2. The average Bonchev–Trinajstić information content (AvgIpc) is 2.81. The van der Waals surface area contributed by atoms with Crippen LogP contribution in [0.1, 0.15) is 34.2 Å². The lowest BCUT2D eigenvalue weighted by Gasteiger charge is -2.12. The number of aromatic amines is 1. The Kier molecular flexibility index (Phi) is 4.14. The predicted molar refractivity (Wildman–Crippen MR) is 80.0 cm³/mol. The van der Waals surface area contributed by atoms with Gasteiger partial charge in [-0.05, 0) is 27.7 Å². The van der Waals surface area contributed by atoms with Gasteiger partial charge >= 0.3 is 4.87 Å². The van der Waals surface area contributed by atoms with Gasteiger partial charge in [0.25, 0.3) is 10.0 Å². The van der Waals surface area contributed by atoms with Crippen LogP contribution in [-0.2, 0) is 10.0 Å². The van der Waals surface area contributed by atoms with E-state index in [0.717, 1.165) is 15.6 Å². The number of sulfonamides is 1. The summed E-state index contributed by atoms with van der Waals surface area (Å²) in [6.45, 7) is 7.06. The minimum atomic E-state index is -3.71. The van der Waals surface area contributed by atoms with Crippen LogP contribution in [0.25, 0.3) is 0 Å². The molecule has 0 aromatic carbocycles. The monoisotopic (exact) mass is 333 g/mol. The molecule has 0 spiro atoms. The minimum Gasteiger partial charge on any atom is -0.315 e. The number of H-pyrrole nitrogens is 1. The first-order chi connectivity index (χ1) is 9.20. The molecule has 0 amide bonds. The van der Waals surface area contributed by atoms with Crippen molar-refractivity contribution in [2.24, 2.45) is 0 Å². The van der Waals surface area contributed by atoms with Crippen LogP contribution in [0.4, 0.5) is 0 Å². The fourth-order valence-electron chi connectivity index (χ4n) is 1.94. The molecule has 6 nitrogen and oxygen atoms in total. The summed E-state index contributed by atoms with van der Waals surface area (Å²) in [5, 5.41) is 0.894. The lowest BCUT2D eigenvalue weighted by molar-refractivity contribution is 0.569. The quantitative estimate of drug-likeness (QED) is 0.893. The van der Waals surface area contributed by atoms with Crippen molar-refractivity contribution in [1.29, 1.82) is 0 Å². The van der Waals surface area contributed by atoms with Crippen LogP contribution in [0.15, 0.2) is 9.00 Å². The van der Waals surface area contributed by atoms with Crippen LogP contribution in [0.3, 0.4) is 0 Å². The lowest BCUT2D eigenvalue weighted by Crippen LogP contribution is -2.26. The second-order valence-corrected chi connectivity index (χ2v) is 8.58. The molecule has 1 atom stereocenters. The Bertz CT molecular complexity index is 785. The predicted octanol–water partition coefficient (Wildman–Crippen LogP) is 1.86. The zero-order valence-corrected chi connectivity index (χ0v) is 13.9. The molecule has 0 aliphatic carbocycles. The fourth-order valence-corrected chi connectivity index (χ4v) is 5.47. The van der Waals surface area contributed by atoms with Crippen molar-refractivity contribution in [2.45, 2.75) is 37.9 Å². The topological polar surface area (TPSA) is 91.9 Å². The normalized spacial score (nSPS) is 13.6. The van der Waals surface area contributed by atoms with E-state index in [2.05, 4.69) is 14.7 Å². The van der Waals surface area contributed by atoms with Gasteiger partial charge in [-0.15, -0.1) is 11.3 Å². The Morgan fingerprint density at radius 3 is 2.35 bits per heavy atom. The van der Waals surface area contributed by atoms with Crippen LogP contribution in [0.2, 0.25) is 0 Å². The summed E-state index contributed by atoms with van der Waals surface area (Å²) in [6.07, 6.45) is 0. The molecule has 0 aliphatic heterocycles. The van der Waals surface area contributed by atoms with Gasteiger partial charge in [0.1, 0.15) is 0 Å². The van der Waals surface area contributed by atoms with Crippen LogP contribution >= 0.6 is 22.7 Å². The molecule has 9 heteroatoms. The Hall–Kier alpha value is -1.03. The van der Waals surface area contributed by atoms with Gasteiger partial charge in [0, 0.05) is 10.6 Å². The Morgan fingerprint density at radius 2 is 1.90 bits per heavy atom. The number of nitrogens with one attached hydrogen (secondary N) is 2. The first kappa shape index (κ1) is 15.4. The van der Waals surface area contributed by atoms with Gasteiger partial charge in [-0.2, -0.15) is 0 Å². The number of aryl methyl sites for hydroxylation is 3.